The molecule has 1 N–H and O–H groups in total. The molecule has 3 rings (SSSR count). The molecule has 4 nitrogen and oxygen atoms in total. The molecule has 0 radical (unpaired) electrons. The highest BCUT2D eigenvalue weighted by Crippen LogP contribution is 2.28. The normalized spacial score (nSPS) is 17.8. The molecule has 1 aromatic heterocycles. The monoisotopic (exact) mass is 357 g/mol. The van der Waals surface area contributed by atoms with Crippen LogP contribution in [0.1, 0.15) is 29.7 Å². The van der Waals surface area contributed by atoms with Crippen molar-refractivity contribution in [2.24, 2.45) is 4.99 Å². The number of likely N-dealkylation sites (tertiary alicyclic amines) is 1. The fourth-order valence-corrected chi connectivity index (χ4v) is 3.95. The van der Waals surface area contributed by atoms with Crippen molar-refractivity contribution in [3.63, 3.8) is 0 Å². The highest BCUT2D eigenvalue weighted by Gasteiger charge is 2.26. The number of thiophene rings is 1. The van der Waals surface area contributed by atoms with Crippen LogP contribution in [0.4, 0.5) is 0 Å². The summed E-state index contributed by atoms with van der Waals surface area (Å²) in [5.74, 6) is 2.53. The lowest BCUT2D eigenvalue weighted by Gasteiger charge is -2.21. The molecule has 5 heteroatoms. The Labute approximate surface area is 154 Å². The summed E-state index contributed by atoms with van der Waals surface area (Å²) in [6, 6.07) is 12.8. The Balaban J connectivity index is 1.60. The van der Waals surface area contributed by atoms with Crippen molar-refractivity contribution in [2.75, 3.05) is 33.3 Å². The number of methoxy groups -OCH3 is 1. The zero-order valence-corrected chi connectivity index (χ0v) is 15.9. The van der Waals surface area contributed by atoms with E-state index in [4.69, 9.17) is 9.73 Å². The molecular weight excluding hydrogens is 330 g/mol. The number of ether oxygens (including phenoxy) is 1. The average molecular weight is 358 g/mol. The van der Waals surface area contributed by atoms with Gasteiger partial charge in [-0.1, -0.05) is 18.2 Å². The van der Waals surface area contributed by atoms with E-state index in [1.54, 1.807) is 7.11 Å². The van der Waals surface area contributed by atoms with Crippen LogP contribution in [0.3, 0.4) is 0 Å². The molecule has 0 spiro atoms. The van der Waals surface area contributed by atoms with Gasteiger partial charge < -0.3 is 15.0 Å². The molecule has 1 aliphatic heterocycles. The van der Waals surface area contributed by atoms with E-state index >= 15 is 0 Å². The van der Waals surface area contributed by atoms with Crippen molar-refractivity contribution >= 4 is 17.3 Å². The average Bonchev–Trinajstić information content (AvgIpc) is 3.33. The summed E-state index contributed by atoms with van der Waals surface area (Å²) in [6.45, 7) is 5.96. The minimum Gasteiger partial charge on any atom is -0.497 e. The van der Waals surface area contributed by atoms with Gasteiger partial charge >= 0.3 is 0 Å². The van der Waals surface area contributed by atoms with E-state index in [1.807, 2.05) is 11.3 Å². The maximum atomic E-state index is 5.26. The van der Waals surface area contributed by atoms with E-state index in [1.165, 1.54) is 16.9 Å². The van der Waals surface area contributed by atoms with E-state index in [2.05, 4.69) is 58.9 Å². The van der Waals surface area contributed by atoms with Crippen LogP contribution in [0, 0.1) is 0 Å². The summed E-state index contributed by atoms with van der Waals surface area (Å²) >= 11 is 1.81. The second kappa shape index (κ2) is 8.90. The second-order valence-corrected chi connectivity index (χ2v) is 7.30. The van der Waals surface area contributed by atoms with Crippen LogP contribution in [-0.4, -0.2) is 44.1 Å². The van der Waals surface area contributed by atoms with Crippen molar-refractivity contribution < 1.29 is 4.74 Å². The van der Waals surface area contributed by atoms with Gasteiger partial charge in [-0.3, -0.25) is 4.99 Å². The Bertz CT molecular complexity index is 667. The van der Waals surface area contributed by atoms with Gasteiger partial charge in [-0.15, -0.1) is 11.3 Å². The predicted octanol–water partition coefficient (Wildman–Crippen LogP) is 3.75. The first-order valence-electron chi connectivity index (χ1n) is 8.99. The summed E-state index contributed by atoms with van der Waals surface area (Å²) in [7, 11) is 1.71. The molecule has 1 aliphatic rings. The van der Waals surface area contributed by atoms with Crippen molar-refractivity contribution in [3.8, 4) is 5.75 Å². The zero-order valence-electron chi connectivity index (χ0n) is 15.1. The van der Waals surface area contributed by atoms with E-state index in [0.717, 1.165) is 44.3 Å². The Kier molecular flexibility index (Phi) is 6.34. The lowest BCUT2D eigenvalue weighted by Crippen LogP contribution is -2.40. The van der Waals surface area contributed by atoms with Gasteiger partial charge in [0.2, 0.25) is 0 Å². The minimum absolute atomic E-state index is 0.562. The minimum atomic E-state index is 0.562. The van der Waals surface area contributed by atoms with E-state index in [-0.39, 0.29) is 0 Å². The summed E-state index contributed by atoms with van der Waals surface area (Å²) < 4.78 is 5.26. The number of hydrogen-bond donors (Lipinski definition) is 1. The molecule has 2 heterocycles. The third-order valence-electron chi connectivity index (χ3n) is 4.61. The van der Waals surface area contributed by atoms with Gasteiger partial charge in [-0.05, 0) is 42.5 Å². The molecule has 1 fully saturated rings. The van der Waals surface area contributed by atoms with Crippen LogP contribution >= 0.6 is 11.3 Å². The maximum Gasteiger partial charge on any atom is 0.193 e. The number of hydrogen-bond acceptors (Lipinski definition) is 3. The van der Waals surface area contributed by atoms with Crippen LogP contribution in [-0.2, 0) is 6.42 Å². The maximum absolute atomic E-state index is 5.26. The van der Waals surface area contributed by atoms with Crippen LogP contribution in [0.2, 0.25) is 0 Å². The third-order valence-corrected chi connectivity index (χ3v) is 5.55. The Morgan fingerprint density at radius 2 is 2.16 bits per heavy atom. The second-order valence-electron chi connectivity index (χ2n) is 6.27. The Hall–Kier alpha value is -2.01. The molecule has 1 saturated heterocycles. The van der Waals surface area contributed by atoms with Gasteiger partial charge in [-0.2, -0.15) is 0 Å². The molecule has 2 aromatic rings. The van der Waals surface area contributed by atoms with Crippen LogP contribution in [0.15, 0.2) is 46.8 Å². The SMILES string of the molecule is CCNC(=NCCc1cccs1)N1CCC(c2ccc(OC)cc2)C1. The van der Waals surface area contributed by atoms with Gasteiger partial charge in [0, 0.05) is 43.4 Å². The predicted molar refractivity (Wildman–Crippen MR) is 106 cm³/mol. The molecular formula is C20H27N3OS. The molecule has 1 aromatic carbocycles. The smallest absolute Gasteiger partial charge is 0.193 e. The van der Waals surface area contributed by atoms with Gasteiger partial charge in [0.05, 0.1) is 7.11 Å². The topological polar surface area (TPSA) is 36.9 Å². The Morgan fingerprint density at radius 3 is 2.84 bits per heavy atom. The Morgan fingerprint density at radius 1 is 1.32 bits per heavy atom. The third kappa shape index (κ3) is 4.75. The van der Waals surface area contributed by atoms with Gasteiger partial charge in [0.25, 0.3) is 0 Å². The highest BCUT2D eigenvalue weighted by molar-refractivity contribution is 7.09. The summed E-state index contributed by atoms with van der Waals surface area (Å²) in [6.07, 6.45) is 2.18. The fraction of sp³-hybridized carbons (Fsp3) is 0.450. The van der Waals surface area contributed by atoms with Crippen molar-refractivity contribution in [1.82, 2.24) is 10.2 Å². The van der Waals surface area contributed by atoms with E-state index < -0.39 is 0 Å². The zero-order chi connectivity index (χ0) is 17.5. The number of benzene rings is 1. The van der Waals surface area contributed by atoms with Crippen LogP contribution < -0.4 is 10.1 Å². The molecule has 0 aliphatic carbocycles. The number of aliphatic imine (C=N–C) groups is 1. The molecule has 0 saturated carbocycles. The number of nitrogens with one attached hydrogen (secondary N) is 1. The van der Waals surface area contributed by atoms with Crippen LogP contribution in [0.25, 0.3) is 0 Å². The first-order chi connectivity index (χ1) is 12.3. The molecule has 1 atom stereocenters. The first kappa shape index (κ1) is 17.8. The van der Waals surface area contributed by atoms with Crippen molar-refractivity contribution in [1.29, 1.82) is 0 Å². The number of guanidine groups is 1. The standard InChI is InChI=1S/C20H27N3OS/c1-3-21-20(22-12-10-19-5-4-14-25-19)23-13-11-17(15-23)16-6-8-18(24-2)9-7-16/h4-9,14,17H,3,10-13,15H2,1-2H3,(H,21,22). The molecule has 134 valence electrons. The lowest BCUT2D eigenvalue weighted by atomic mass is 9.98. The summed E-state index contributed by atoms with van der Waals surface area (Å²) in [4.78, 5) is 8.64. The first-order valence-corrected chi connectivity index (χ1v) is 9.87. The highest BCUT2D eigenvalue weighted by atomic mass is 32.1. The van der Waals surface area contributed by atoms with Gasteiger partial charge in [0.1, 0.15) is 5.75 Å². The fourth-order valence-electron chi connectivity index (χ4n) is 3.25. The molecule has 0 amide bonds. The lowest BCUT2D eigenvalue weighted by molar-refractivity contribution is 0.414. The molecule has 25 heavy (non-hydrogen) atoms. The van der Waals surface area contributed by atoms with Crippen molar-refractivity contribution in [2.45, 2.75) is 25.7 Å². The number of nitrogens with zero attached hydrogens (tertiary/aromatic N) is 2. The summed E-state index contributed by atoms with van der Waals surface area (Å²) in [5.41, 5.74) is 1.39. The van der Waals surface area contributed by atoms with Crippen LogP contribution in [0.5, 0.6) is 5.75 Å². The van der Waals surface area contributed by atoms with E-state index in [9.17, 15) is 0 Å². The number of rotatable bonds is 6. The van der Waals surface area contributed by atoms with Crippen molar-refractivity contribution in [3.05, 3.63) is 52.2 Å². The van der Waals surface area contributed by atoms with E-state index in [0.29, 0.717) is 5.92 Å². The quantitative estimate of drug-likeness (QED) is 0.632. The molecule has 1 unspecified atom stereocenters. The van der Waals surface area contributed by atoms with Gasteiger partial charge in [0.15, 0.2) is 5.96 Å². The summed E-state index contributed by atoms with van der Waals surface area (Å²) in [5, 5.41) is 5.58. The largest absolute Gasteiger partial charge is 0.497 e. The van der Waals surface area contributed by atoms with Gasteiger partial charge in [-0.25, -0.2) is 0 Å². The molecule has 0 bridgehead atoms.